The molecule has 4 rings (SSSR count). The first kappa shape index (κ1) is 17.1. The van der Waals surface area contributed by atoms with Crippen molar-refractivity contribution in [3.05, 3.63) is 47.5 Å². The summed E-state index contributed by atoms with van der Waals surface area (Å²) in [5.41, 5.74) is 2.16. The van der Waals surface area contributed by atoms with E-state index in [1.807, 2.05) is 34.7 Å². The van der Waals surface area contributed by atoms with Gasteiger partial charge in [0.2, 0.25) is 5.91 Å². The number of hydrogen-bond donors (Lipinski definition) is 0. The largest absolute Gasteiger partial charge is 0.496 e. The fraction of sp³-hybridized carbons (Fsp3) is 0.500. The van der Waals surface area contributed by atoms with E-state index in [-0.39, 0.29) is 11.5 Å². The van der Waals surface area contributed by atoms with Gasteiger partial charge in [-0.05, 0) is 37.8 Å². The first-order chi connectivity index (χ1) is 12.6. The van der Waals surface area contributed by atoms with E-state index in [1.165, 1.54) is 11.1 Å². The van der Waals surface area contributed by atoms with E-state index in [0.717, 1.165) is 37.4 Å². The number of hydrogen-bond acceptors (Lipinski definition) is 4. The second kappa shape index (κ2) is 6.76. The second-order valence-corrected chi connectivity index (χ2v) is 7.07. The number of piperidine rings is 1. The molecular formula is C20H25N3O3. The molecule has 1 aromatic heterocycles. The third kappa shape index (κ3) is 2.88. The van der Waals surface area contributed by atoms with Crippen LogP contribution >= 0.6 is 0 Å². The second-order valence-electron chi connectivity index (χ2n) is 7.07. The van der Waals surface area contributed by atoms with Crippen molar-refractivity contribution in [2.75, 3.05) is 26.8 Å². The lowest BCUT2D eigenvalue weighted by Gasteiger charge is -2.45. The Bertz CT molecular complexity index is 792. The number of aromatic nitrogens is 2. The van der Waals surface area contributed by atoms with Crippen LogP contribution in [0.3, 0.4) is 0 Å². The molecule has 1 spiro atoms. The average molecular weight is 355 g/mol. The summed E-state index contributed by atoms with van der Waals surface area (Å²) in [6.07, 6.45) is 6.10. The number of aryl methyl sites for hydroxylation is 1. The molecule has 2 aliphatic heterocycles. The molecule has 0 saturated carbocycles. The van der Waals surface area contributed by atoms with Gasteiger partial charge in [0, 0.05) is 31.0 Å². The van der Waals surface area contributed by atoms with Crippen molar-refractivity contribution >= 4 is 5.91 Å². The van der Waals surface area contributed by atoms with Crippen LogP contribution in [0.5, 0.6) is 5.75 Å². The van der Waals surface area contributed by atoms with Crippen LogP contribution in [-0.2, 0) is 28.1 Å². The number of rotatable bonds is 3. The normalized spacial score (nSPS) is 18.6. The van der Waals surface area contributed by atoms with Gasteiger partial charge in [0.15, 0.2) is 0 Å². The zero-order valence-corrected chi connectivity index (χ0v) is 15.4. The van der Waals surface area contributed by atoms with E-state index in [2.05, 4.69) is 11.1 Å². The first-order valence-corrected chi connectivity index (χ1v) is 9.19. The zero-order chi connectivity index (χ0) is 18.1. The molecule has 138 valence electrons. The molecule has 2 aliphatic rings. The van der Waals surface area contributed by atoms with Crippen LogP contribution in [-0.4, -0.2) is 47.2 Å². The summed E-state index contributed by atoms with van der Waals surface area (Å²) in [6, 6.07) is 6.22. The standard InChI is InChI=1S/C20H25N3O3/c1-15-21-9-12-23(15)14-18(24)22-10-7-20(8-11-22)19-16(6-13-26-20)4-3-5-17(19)25-2/h3-5,9,12H,6-8,10-11,13-14H2,1-2H3. The lowest BCUT2D eigenvalue weighted by molar-refractivity contribution is -0.141. The van der Waals surface area contributed by atoms with Gasteiger partial charge in [-0.1, -0.05) is 12.1 Å². The summed E-state index contributed by atoms with van der Waals surface area (Å²) in [7, 11) is 1.71. The maximum absolute atomic E-state index is 12.7. The lowest BCUT2D eigenvalue weighted by Crippen LogP contribution is -2.49. The number of benzene rings is 1. The van der Waals surface area contributed by atoms with Crippen molar-refractivity contribution < 1.29 is 14.3 Å². The van der Waals surface area contributed by atoms with E-state index in [0.29, 0.717) is 19.6 Å². The highest BCUT2D eigenvalue weighted by molar-refractivity contribution is 5.76. The van der Waals surface area contributed by atoms with Crippen molar-refractivity contribution in [2.45, 2.75) is 38.3 Å². The molecule has 0 radical (unpaired) electrons. The van der Waals surface area contributed by atoms with Crippen LogP contribution in [0.1, 0.15) is 29.8 Å². The molecule has 0 N–H and O–H groups in total. The highest BCUT2D eigenvalue weighted by Crippen LogP contribution is 2.45. The van der Waals surface area contributed by atoms with Gasteiger partial charge in [-0.3, -0.25) is 4.79 Å². The third-order valence-corrected chi connectivity index (χ3v) is 5.69. The summed E-state index contributed by atoms with van der Waals surface area (Å²) in [5.74, 6) is 1.90. The van der Waals surface area contributed by atoms with Gasteiger partial charge in [-0.25, -0.2) is 4.98 Å². The lowest BCUT2D eigenvalue weighted by atomic mass is 9.78. The summed E-state index contributed by atoms with van der Waals surface area (Å²) in [5, 5.41) is 0. The highest BCUT2D eigenvalue weighted by atomic mass is 16.5. The molecule has 0 unspecified atom stereocenters. The molecule has 1 amide bonds. The summed E-state index contributed by atoms with van der Waals surface area (Å²) >= 11 is 0. The molecule has 1 aromatic carbocycles. The van der Waals surface area contributed by atoms with Gasteiger partial charge in [-0.15, -0.1) is 0 Å². The topological polar surface area (TPSA) is 56.6 Å². The molecule has 0 aliphatic carbocycles. The molecule has 26 heavy (non-hydrogen) atoms. The predicted molar refractivity (Wildman–Crippen MR) is 97.1 cm³/mol. The summed E-state index contributed by atoms with van der Waals surface area (Å²) < 4.78 is 13.8. The van der Waals surface area contributed by atoms with Crippen molar-refractivity contribution in [2.24, 2.45) is 0 Å². The molecular weight excluding hydrogens is 330 g/mol. The Labute approximate surface area is 153 Å². The summed E-state index contributed by atoms with van der Waals surface area (Å²) in [6.45, 7) is 4.38. The number of imidazole rings is 1. The van der Waals surface area contributed by atoms with Gasteiger partial charge < -0.3 is 18.9 Å². The van der Waals surface area contributed by atoms with E-state index in [4.69, 9.17) is 9.47 Å². The maximum atomic E-state index is 12.7. The van der Waals surface area contributed by atoms with Crippen LogP contribution in [0.25, 0.3) is 0 Å². The summed E-state index contributed by atoms with van der Waals surface area (Å²) in [4.78, 5) is 18.8. The highest BCUT2D eigenvalue weighted by Gasteiger charge is 2.43. The smallest absolute Gasteiger partial charge is 0.242 e. The Hall–Kier alpha value is -2.34. The van der Waals surface area contributed by atoms with Crippen LogP contribution in [0.4, 0.5) is 0 Å². The SMILES string of the molecule is COc1cccc2c1C1(CCN(C(=O)Cn3ccnc3C)CC1)OCC2. The fourth-order valence-electron chi connectivity index (χ4n) is 4.23. The minimum absolute atomic E-state index is 0.136. The van der Waals surface area contributed by atoms with E-state index >= 15 is 0 Å². The minimum atomic E-state index is -0.331. The number of carbonyl (C=O) groups excluding carboxylic acids is 1. The van der Waals surface area contributed by atoms with Crippen LogP contribution in [0.15, 0.2) is 30.6 Å². The molecule has 1 fully saturated rings. The van der Waals surface area contributed by atoms with Crippen molar-refractivity contribution in [3.8, 4) is 5.75 Å². The molecule has 0 atom stereocenters. The quantitative estimate of drug-likeness (QED) is 0.848. The third-order valence-electron chi connectivity index (χ3n) is 5.69. The zero-order valence-electron chi connectivity index (χ0n) is 15.4. The number of fused-ring (bicyclic) bond motifs is 2. The monoisotopic (exact) mass is 355 g/mol. The Balaban J connectivity index is 1.51. The molecule has 6 heteroatoms. The van der Waals surface area contributed by atoms with Gasteiger partial charge in [0.25, 0.3) is 0 Å². The first-order valence-electron chi connectivity index (χ1n) is 9.19. The number of ether oxygens (including phenoxy) is 2. The van der Waals surface area contributed by atoms with Gasteiger partial charge in [0.05, 0.1) is 13.7 Å². The van der Waals surface area contributed by atoms with Crippen molar-refractivity contribution in [1.29, 1.82) is 0 Å². The van der Waals surface area contributed by atoms with Gasteiger partial charge in [0.1, 0.15) is 23.7 Å². The minimum Gasteiger partial charge on any atom is -0.496 e. The number of likely N-dealkylation sites (tertiary alicyclic amines) is 1. The Morgan fingerprint density at radius 2 is 2.15 bits per heavy atom. The molecule has 0 bridgehead atoms. The fourth-order valence-corrected chi connectivity index (χ4v) is 4.23. The number of carbonyl (C=O) groups is 1. The predicted octanol–water partition coefficient (Wildman–Crippen LogP) is 2.29. The van der Waals surface area contributed by atoms with E-state index in [1.54, 1.807) is 13.3 Å². The average Bonchev–Trinajstić information content (AvgIpc) is 3.06. The number of methoxy groups -OCH3 is 1. The molecule has 1 saturated heterocycles. The molecule has 2 aromatic rings. The van der Waals surface area contributed by atoms with E-state index < -0.39 is 0 Å². The van der Waals surface area contributed by atoms with Gasteiger partial charge in [-0.2, -0.15) is 0 Å². The van der Waals surface area contributed by atoms with Gasteiger partial charge >= 0.3 is 0 Å². The van der Waals surface area contributed by atoms with Crippen LogP contribution in [0.2, 0.25) is 0 Å². The Morgan fingerprint density at radius 1 is 1.35 bits per heavy atom. The Morgan fingerprint density at radius 3 is 2.85 bits per heavy atom. The van der Waals surface area contributed by atoms with Crippen LogP contribution < -0.4 is 4.74 Å². The number of amides is 1. The van der Waals surface area contributed by atoms with Crippen molar-refractivity contribution in [1.82, 2.24) is 14.5 Å². The van der Waals surface area contributed by atoms with Crippen LogP contribution in [0, 0.1) is 6.92 Å². The molecule has 6 nitrogen and oxygen atoms in total. The molecule has 3 heterocycles. The van der Waals surface area contributed by atoms with E-state index in [9.17, 15) is 4.79 Å². The van der Waals surface area contributed by atoms with Crippen molar-refractivity contribution in [3.63, 3.8) is 0 Å². The maximum Gasteiger partial charge on any atom is 0.242 e. The number of nitrogens with zero attached hydrogens (tertiary/aromatic N) is 3. The Kier molecular flexibility index (Phi) is 4.44.